The number of nitrogens with zero attached hydrogens (tertiary/aromatic N) is 3. The van der Waals surface area contributed by atoms with Crippen molar-refractivity contribution in [3.63, 3.8) is 0 Å². The Morgan fingerprint density at radius 2 is 1.96 bits per heavy atom. The van der Waals surface area contributed by atoms with Crippen LogP contribution in [0.1, 0.15) is 10.5 Å². The quantitative estimate of drug-likeness (QED) is 0.883. The van der Waals surface area contributed by atoms with Crippen LogP contribution in [0.15, 0.2) is 30.6 Å². The van der Waals surface area contributed by atoms with E-state index in [0.29, 0.717) is 55.0 Å². The highest BCUT2D eigenvalue weighted by Crippen LogP contribution is 2.30. The van der Waals surface area contributed by atoms with Crippen LogP contribution in [0.5, 0.6) is 11.5 Å². The van der Waals surface area contributed by atoms with E-state index >= 15 is 0 Å². The summed E-state index contributed by atoms with van der Waals surface area (Å²) >= 11 is 0. The van der Waals surface area contributed by atoms with Crippen molar-refractivity contribution in [2.45, 2.75) is 0 Å². The first-order valence-electron chi connectivity index (χ1n) is 7.89. The molecule has 25 heavy (non-hydrogen) atoms. The Morgan fingerprint density at radius 3 is 2.60 bits per heavy atom. The predicted octanol–water partition coefficient (Wildman–Crippen LogP) is 1.71. The maximum Gasteiger partial charge on any atom is 0.274 e. The first-order chi connectivity index (χ1) is 12.2. The van der Waals surface area contributed by atoms with Crippen LogP contribution < -0.4 is 14.8 Å². The summed E-state index contributed by atoms with van der Waals surface area (Å²) in [5.41, 5.74) is 1.01. The van der Waals surface area contributed by atoms with Gasteiger partial charge in [0.2, 0.25) is 0 Å². The normalized spacial score (nSPS) is 14.1. The van der Waals surface area contributed by atoms with E-state index in [0.717, 1.165) is 0 Å². The van der Waals surface area contributed by atoms with Gasteiger partial charge in [0.25, 0.3) is 5.91 Å². The van der Waals surface area contributed by atoms with Crippen molar-refractivity contribution in [3.05, 3.63) is 36.3 Å². The second-order valence-electron chi connectivity index (χ2n) is 5.38. The highest BCUT2D eigenvalue weighted by Gasteiger charge is 2.20. The van der Waals surface area contributed by atoms with Gasteiger partial charge in [0, 0.05) is 19.2 Å². The molecule has 0 aliphatic carbocycles. The van der Waals surface area contributed by atoms with Crippen molar-refractivity contribution < 1.29 is 19.0 Å². The molecular formula is C17H20N4O4. The topological polar surface area (TPSA) is 85.8 Å². The number of anilines is 2. The number of hydrogen-bond donors (Lipinski definition) is 1. The summed E-state index contributed by atoms with van der Waals surface area (Å²) in [5, 5.41) is 3.12. The lowest BCUT2D eigenvalue weighted by Crippen LogP contribution is -2.41. The van der Waals surface area contributed by atoms with Gasteiger partial charge in [0.05, 0.1) is 45.5 Å². The van der Waals surface area contributed by atoms with Crippen LogP contribution >= 0.6 is 0 Å². The Kier molecular flexibility index (Phi) is 5.30. The van der Waals surface area contributed by atoms with Crippen molar-refractivity contribution in [3.8, 4) is 11.5 Å². The number of ether oxygens (including phenoxy) is 3. The van der Waals surface area contributed by atoms with Crippen LogP contribution in [-0.2, 0) is 4.74 Å². The molecule has 8 heteroatoms. The van der Waals surface area contributed by atoms with E-state index in [1.165, 1.54) is 12.4 Å². The molecule has 132 valence electrons. The van der Waals surface area contributed by atoms with Crippen molar-refractivity contribution in [2.24, 2.45) is 0 Å². The fraction of sp³-hybridized carbons (Fsp3) is 0.353. The summed E-state index contributed by atoms with van der Waals surface area (Å²) in [6, 6.07) is 5.40. The molecule has 0 saturated carbocycles. The monoisotopic (exact) mass is 344 g/mol. The van der Waals surface area contributed by atoms with Gasteiger partial charge in [-0.3, -0.25) is 4.79 Å². The van der Waals surface area contributed by atoms with Gasteiger partial charge in [-0.2, -0.15) is 0 Å². The molecule has 1 amide bonds. The summed E-state index contributed by atoms with van der Waals surface area (Å²) in [5.74, 6) is 1.71. The van der Waals surface area contributed by atoms with E-state index < -0.39 is 0 Å². The number of amides is 1. The molecule has 3 rings (SSSR count). The van der Waals surface area contributed by atoms with Crippen molar-refractivity contribution in [1.82, 2.24) is 14.9 Å². The van der Waals surface area contributed by atoms with Crippen LogP contribution in [0.25, 0.3) is 0 Å². The number of nitrogens with one attached hydrogen (secondary N) is 1. The van der Waals surface area contributed by atoms with Crippen molar-refractivity contribution in [2.75, 3.05) is 45.8 Å². The summed E-state index contributed by atoms with van der Waals surface area (Å²) in [4.78, 5) is 22.6. The maximum atomic E-state index is 12.4. The first-order valence-corrected chi connectivity index (χ1v) is 7.89. The number of morpholine rings is 1. The van der Waals surface area contributed by atoms with Gasteiger partial charge in [0.15, 0.2) is 0 Å². The van der Waals surface area contributed by atoms with Gasteiger partial charge in [-0.1, -0.05) is 0 Å². The van der Waals surface area contributed by atoms with Gasteiger partial charge >= 0.3 is 0 Å². The average Bonchev–Trinajstić information content (AvgIpc) is 2.68. The number of hydrogen-bond acceptors (Lipinski definition) is 7. The van der Waals surface area contributed by atoms with E-state index in [-0.39, 0.29) is 5.91 Å². The van der Waals surface area contributed by atoms with Crippen LogP contribution in [0, 0.1) is 0 Å². The molecule has 2 aromatic rings. The Morgan fingerprint density at radius 1 is 1.16 bits per heavy atom. The molecule has 2 heterocycles. The molecule has 0 spiro atoms. The molecule has 1 aromatic heterocycles. The number of carbonyl (C=O) groups excluding carboxylic acids is 1. The highest BCUT2D eigenvalue weighted by molar-refractivity contribution is 5.92. The molecule has 0 unspecified atom stereocenters. The van der Waals surface area contributed by atoms with E-state index in [4.69, 9.17) is 14.2 Å². The Bertz CT molecular complexity index is 730. The lowest BCUT2D eigenvalue weighted by Gasteiger charge is -2.26. The fourth-order valence-electron chi connectivity index (χ4n) is 2.48. The number of aromatic nitrogens is 2. The van der Waals surface area contributed by atoms with E-state index in [1.807, 2.05) is 0 Å². The van der Waals surface area contributed by atoms with E-state index in [1.54, 1.807) is 37.3 Å². The van der Waals surface area contributed by atoms with Crippen LogP contribution in [0.3, 0.4) is 0 Å². The minimum atomic E-state index is -0.138. The second kappa shape index (κ2) is 7.80. The molecule has 1 saturated heterocycles. The lowest BCUT2D eigenvalue weighted by atomic mass is 10.2. The third-order valence-corrected chi connectivity index (χ3v) is 3.84. The summed E-state index contributed by atoms with van der Waals surface area (Å²) in [6.07, 6.45) is 2.99. The minimum absolute atomic E-state index is 0.138. The van der Waals surface area contributed by atoms with Crippen molar-refractivity contribution in [1.29, 1.82) is 0 Å². The third kappa shape index (κ3) is 3.97. The standard InChI is InChI=1S/C17H20N4O4/c1-23-12-3-4-15(24-2)13(9-12)20-16-11-18-14(10-19-16)17(22)21-5-7-25-8-6-21/h3-4,9-11H,5-8H2,1-2H3,(H,19,20). The number of carbonyl (C=O) groups is 1. The smallest absolute Gasteiger partial charge is 0.274 e. The number of methoxy groups -OCH3 is 2. The van der Waals surface area contributed by atoms with Crippen LogP contribution in [-0.4, -0.2) is 61.3 Å². The molecule has 0 radical (unpaired) electrons. The molecule has 1 aromatic carbocycles. The van der Waals surface area contributed by atoms with Gasteiger partial charge in [0.1, 0.15) is 23.0 Å². The molecule has 1 fully saturated rings. The van der Waals surface area contributed by atoms with Gasteiger partial charge < -0.3 is 24.4 Å². The Labute approximate surface area is 145 Å². The van der Waals surface area contributed by atoms with Gasteiger partial charge in [-0.25, -0.2) is 9.97 Å². The zero-order valence-corrected chi connectivity index (χ0v) is 14.2. The average molecular weight is 344 g/mol. The summed E-state index contributed by atoms with van der Waals surface area (Å²) in [7, 11) is 3.18. The van der Waals surface area contributed by atoms with E-state index in [9.17, 15) is 4.79 Å². The summed E-state index contributed by atoms with van der Waals surface area (Å²) < 4.78 is 15.8. The van der Waals surface area contributed by atoms with E-state index in [2.05, 4.69) is 15.3 Å². The molecule has 8 nitrogen and oxygen atoms in total. The number of rotatable bonds is 5. The zero-order chi connectivity index (χ0) is 17.6. The zero-order valence-electron chi connectivity index (χ0n) is 14.2. The summed E-state index contributed by atoms with van der Waals surface area (Å²) in [6.45, 7) is 2.24. The second-order valence-corrected chi connectivity index (χ2v) is 5.38. The number of benzene rings is 1. The Balaban J connectivity index is 1.73. The lowest BCUT2D eigenvalue weighted by molar-refractivity contribution is 0.0298. The third-order valence-electron chi connectivity index (χ3n) is 3.84. The molecule has 1 aliphatic heterocycles. The SMILES string of the molecule is COc1ccc(OC)c(Nc2cnc(C(=O)N3CCOCC3)cn2)c1. The maximum absolute atomic E-state index is 12.4. The van der Waals surface area contributed by atoms with Crippen LogP contribution in [0.2, 0.25) is 0 Å². The fourth-order valence-corrected chi connectivity index (χ4v) is 2.48. The van der Waals surface area contributed by atoms with Crippen molar-refractivity contribution >= 4 is 17.4 Å². The largest absolute Gasteiger partial charge is 0.497 e. The molecular weight excluding hydrogens is 324 g/mol. The first kappa shape index (κ1) is 17.0. The van der Waals surface area contributed by atoms with Gasteiger partial charge in [-0.15, -0.1) is 0 Å². The Hall–Kier alpha value is -2.87. The minimum Gasteiger partial charge on any atom is -0.497 e. The molecule has 1 N–H and O–H groups in total. The van der Waals surface area contributed by atoms with Crippen LogP contribution in [0.4, 0.5) is 11.5 Å². The highest BCUT2D eigenvalue weighted by atomic mass is 16.5. The molecule has 0 bridgehead atoms. The molecule has 1 aliphatic rings. The molecule has 0 atom stereocenters. The predicted molar refractivity (Wildman–Crippen MR) is 91.6 cm³/mol. The van der Waals surface area contributed by atoms with Gasteiger partial charge in [-0.05, 0) is 12.1 Å².